The van der Waals surface area contributed by atoms with E-state index in [1.165, 1.54) is 0 Å². The molecule has 0 atom stereocenters. The molecule has 0 radical (unpaired) electrons. The van der Waals surface area contributed by atoms with Crippen LogP contribution in [0.25, 0.3) is 0 Å². The first-order valence-corrected chi connectivity index (χ1v) is 5.59. The summed E-state index contributed by atoms with van der Waals surface area (Å²) >= 11 is 0. The van der Waals surface area contributed by atoms with E-state index < -0.39 is 5.97 Å². The third kappa shape index (κ3) is 5.15. The molecule has 17 heavy (non-hydrogen) atoms. The molecule has 0 heterocycles. The van der Waals surface area contributed by atoms with Gasteiger partial charge in [0.25, 0.3) is 0 Å². The highest BCUT2D eigenvalue weighted by Crippen LogP contribution is 2.11. The molecule has 0 saturated carbocycles. The second-order valence-electron chi connectivity index (χ2n) is 3.97. The number of hydrogen-bond donors (Lipinski definition) is 1. The lowest BCUT2D eigenvalue weighted by Crippen LogP contribution is -2.19. The summed E-state index contributed by atoms with van der Waals surface area (Å²) in [5, 5.41) is 8.44. The van der Waals surface area contributed by atoms with Crippen molar-refractivity contribution < 1.29 is 14.7 Å². The minimum atomic E-state index is -1.05. The van der Waals surface area contributed by atoms with Crippen molar-refractivity contribution in [1.29, 1.82) is 0 Å². The Kier molecular flexibility index (Phi) is 5.20. The number of anilines is 1. The lowest BCUT2D eigenvalue weighted by Gasteiger charge is -2.18. The normalized spacial score (nSPS) is 9.94. The highest BCUT2D eigenvalue weighted by Gasteiger charge is 2.08. The second kappa shape index (κ2) is 6.68. The number of hydrogen-bond acceptors (Lipinski definition) is 3. The van der Waals surface area contributed by atoms with Crippen molar-refractivity contribution in [2.24, 2.45) is 0 Å². The van der Waals surface area contributed by atoms with Crippen LogP contribution in [0.1, 0.15) is 19.3 Å². The lowest BCUT2D eigenvalue weighted by molar-refractivity contribution is -0.140. The van der Waals surface area contributed by atoms with Crippen molar-refractivity contribution in [1.82, 2.24) is 0 Å². The molecule has 0 unspecified atom stereocenters. The number of aliphatic carboxylic acids is 1. The first kappa shape index (κ1) is 13.2. The number of benzene rings is 1. The average molecular weight is 235 g/mol. The zero-order chi connectivity index (χ0) is 12.7. The van der Waals surface area contributed by atoms with Gasteiger partial charge in [-0.05, 0) is 18.6 Å². The van der Waals surface area contributed by atoms with E-state index in [2.05, 4.69) is 0 Å². The zero-order valence-corrected chi connectivity index (χ0v) is 9.93. The van der Waals surface area contributed by atoms with Gasteiger partial charge in [-0.25, -0.2) is 0 Å². The molecule has 0 aliphatic heterocycles. The summed E-state index contributed by atoms with van der Waals surface area (Å²) in [7, 11) is 1.96. The Morgan fingerprint density at radius 2 is 1.88 bits per heavy atom. The fourth-order valence-electron chi connectivity index (χ4n) is 1.58. The molecular formula is C13H17NO3. The van der Waals surface area contributed by atoms with Crippen LogP contribution in [-0.2, 0) is 9.59 Å². The number of carboxylic acids is 1. The maximum Gasteiger partial charge on any atom is 0.310 e. The summed E-state index contributed by atoms with van der Waals surface area (Å²) in [6, 6.07) is 9.87. The SMILES string of the molecule is CN(CCCC(=O)CC(=O)O)c1ccccc1. The molecule has 0 amide bonds. The fourth-order valence-corrected chi connectivity index (χ4v) is 1.58. The van der Waals surface area contributed by atoms with Crippen LogP contribution in [0.4, 0.5) is 5.69 Å². The fraction of sp³-hybridized carbons (Fsp3) is 0.385. The topological polar surface area (TPSA) is 57.6 Å². The molecule has 1 aromatic rings. The van der Waals surface area contributed by atoms with Crippen LogP contribution >= 0.6 is 0 Å². The van der Waals surface area contributed by atoms with Gasteiger partial charge in [0.1, 0.15) is 12.2 Å². The first-order valence-electron chi connectivity index (χ1n) is 5.59. The molecule has 0 fully saturated rings. The summed E-state index contributed by atoms with van der Waals surface area (Å²) in [5.74, 6) is -1.26. The molecule has 0 aromatic heterocycles. The van der Waals surface area contributed by atoms with Gasteiger partial charge in [0.05, 0.1) is 0 Å². The largest absolute Gasteiger partial charge is 0.481 e. The quantitative estimate of drug-likeness (QED) is 0.734. The maximum absolute atomic E-state index is 11.2. The molecule has 0 aliphatic carbocycles. The minimum absolute atomic E-state index is 0.209. The second-order valence-corrected chi connectivity index (χ2v) is 3.97. The zero-order valence-electron chi connectivity index (χ0n) is 9.93. The van der Waals surface area contributed by atoms with E-state index in [1.54, 1.807) is 0 Å². The molecule has 0 aliphatic rings. The molecule has 1 N–H and O–H groups in total. The maximum atomic E-state index is 11.2. The standard InChI is InChI=1S/C13H17NO3/c1-14(11-6-3-2-4-7-11)9-5-8-12(15)10-13(16)17/h2-4,6-7H,5,8-10H2,1H3,(H,16,17). The van der Waals surface area contributed by atoms with Crippen LogP contribution in [0.15, 0.2) is 30.3 Å². The van der Waals surface area contributed by atoms with Crippen LogP contribution in [0, 0.1) is 0 Å². The molecule has 1 aromatic carbocycles. The highest BCUT2D eigenvalue weighted by molar-refractivity contribution is 5.94. The van der Waals surface area contributed by atoms with Crippen molar-refractivity contribution in [3.8, 4) is 0 Å². The van der Waals surface area contributed by atoms with Crippen molar-refractivity contribution >= 4 is 17.4 Å². The third-order valence-electron chi connectivity index (χ3n) is 2.49. The summed E-state index contributed by atoms with van der Waals surface area (Å²) in [5.41, 5.74) is 1.10. The molecular weight excluding hydrogens is 218 g/mol. The van der Waals surface area contributed by atoms with E-state index in [0.717, 1.165) is 12.2 Å². The van der Waals surface area contributed by atoms with E-state index in [9.17, 15) is 9.59 Å². The number of carbonyl (C=O) groups excluding carboxylic acids is 1. The van der Waals surface area contributed by atoms with E-state index in [-0.39, 0.29) is 12.2 Å². The average Bonchev–Trinajstić information content (AvgIpc) is 2.29. The molecule has 4 heteroatoms. The number of ketones is 1. The Labute approximate surface area is 101 Å². The number of nitrogens with zero attached hydrogens (tertiary/aromatic N) is 1. The van der Waals surface area contributed by atoms with Gasteiger partial charge in [-0.2, -0.15) is 0 Å². The summed E-state index contributed by atoms with van der Waals surface area (Å²) < 4.78 is 0. The first-order chi connectivity index (χ1) is 8.09. The Morgan fingerprint density at radius 3 is 2.47 bits per heavy atom. The third-order valence-corrected chi connectivity index (χ3v) is 2.49. The van der Waals surface area contributed by atoms with Gasteiger partial charge < -0.3 is 10.0 Å². The predicted octanol–water partition coefficient (Wildman–Crippen LogP) is 1.95. The molecule has 1 rings (SSSR count). The molecule has 0 spiro atoms. The summed E-state index contributed by atoms with van der Waals surface area (Å²) in [4.78, 5) is 23.5. The highest BCUT2D eigenvalue weighted by atomic mass is 16.4. The monoisotopic (exact) mass is 235 g/mol. The van der Waals surface area contributed by atoms with E-state index in [1.807, 2.05) is 42.3 Å². The van der Waals surface area contributed by atoms with Gasteiger partial charge in [0, 0.05) is 25.7 Å². The van der Waals surface area contributed by atoms with Gasteiger partial charge >= 0.3 is 5.97 Å². The summed E-state index contributed by atoms with van der Waals surface area (Å²) in [6.45, 7) is 0.745. The molecule has 0 bridgehead atoms. The van der Waals surface area contributed by atoms with Crippen LogP contribution in [0.5, 0.6) is 0 Å². The Bertz CT molecular complexity index is 376. The number of carboxylic acid groups (broad SMARTS) is 1. The van der Waals surface area contributed by atoms with Crippen molar-refractivity contribution in [2.45, 2.75) is 19.3 Å². The molecule has 0 saturated heterocycles. The predicted molar refractivity (Wildman–Crippen MR) is 66.2 cm³/mol. The van der Waals surface area contributed by atoms with Crippen LogP contribution < -0.4 is 4.90 Å². The summed E-state index contributed by atoms with van der Waals surface area (Å²) in [6.07, 6.45) is 0.635. The molecule has 92 valence electrons. The van der Waals surface area contributed by atoms with Crippen LogP contribution in [0.2, 0.25) is 0 Å². The minimum Gasteiger partial charge on any atom is -0.481 e. The van der Waals surface area contributed by atoms with Crippen LogP contribution in [0.3, 0.4) is 0 Å². The van der Waals surface area contributed by atoms with Crippen molar-refractivity contribution in [3.63, 3.8) is 0 Å². The smallest absolute Gasteiger partial charge is 0.310 e. The Hall–Kier alpha value is -1.84. The number of carbonyl (C=O) groups is 2. The molecule has 4 nitrogen and oxygen atoms in total. The van der Waals surface area contributed by atoms with E-state index in [0.29, 0.717) is 12.8 Å². The van der Waals surface area contributed by atoms with Gasteiger partial charge in [0.2, 0.25) is 0 Å². The van der Waals surface area contributed by atoms with Crippen molar-refractivity contribution in [2.75, 3.05) is 18.5 Å². The van der Waals surface area contributed by atoms with Crippen molar-refractivity contribution in [3.05, 3.63) is 30.3 Å². The Morgan fingerprint density at radius 1 is 1.24 bits per heavy atom. The lowest BCUT2D eigenvalue weighted by atomic mass is 10.1. The van der Waals surface area contributed by atoms with E-state index in [4.69, 9.17) is 5.11 Å². The number of rotatable bonds is 7. The van der Waals surface area contributed by atoms with Gasteiger partial charge in [-0.3, -0.25) is 9.59 Å². The van der Waals surface area contributed by atoms with E-state index >= 15 is 0 Å². The Balaban J connectivity index is 2.27. The van der Waals surface area contributed by atoms with Gasteiger partial charge in [-0.1, -0.05) is 18.2 Å². The van der Waals surface area contributed by atoms with Gasteiger partial charge in [0.15, 0.2) is 0 Å². The number of para-hydroxylation sites is 1. The van der Waals surface area contributed by atoms with Gasteiger partial charge in [-0.15, -0.1) is 0 Å². The number of Topliss-reactive ketones (excluding diaryl/α,β-unsaturated/α-hetero) is 1. The van der Waals surface area contributed by atoms with Crippen LogP contribution in [-0.4, -0.2) is 30.5 Å².